The van der Waals surface area contributed by atoms with Gasteiger partial charge < -0.3 is 9.64 Å². The average Bonchev–Trinajstić information content (AvgIpc) is 2.18. The first-order valence-corrected chi connectivity index (χ1v) is 4.85. The van der Waals surface area contributed by atoms with Crippen LogP contribution >= 0.6 is 0 Å². The number of rotatable bonds is 3. The lowest BCUT2D eigenvalue weighted by Crippen LogP contribution is -2.24. The van der Waals surface area contributed by atoms with E-state index in [0.29, 0.717) is 5.56 Å². The Labute approximate surface area is 96.8 Å². The Morgan fingerprint density at radius 3 is 2.47 bits per heavy atom. The molecule has 0 atom stereocenters. The summed E-state index contributed by atoms with van der Waals surface area (Å²) >= 11 is 0. The van der Waals surface area contributed by atoms with E-state index in [1.165, 1.54) is 37.1 Å². The van der Waals surface area contributed by atoms with Gasteiger partial charge in [-0.2, -0.15) is 0 Å². The van der Waals surface area contributed by atoms with Crippen molar-refractivity contribution in [3.63, 3.8) is 0 Å². The van der Waals surface area contributed by atoms with E-state index in [2.05, 4.69) is 4.74 Å². The summed E-state index contributed by atoms with van der Waals surface area (Å²) in [6.07, 6.45) is -4.73. The summed E-state index contributed by atoms with van der Waals surface area (Å²) in [6.45, 7) is 1.41. The number of nitrogens with zero attached hydrogens (tertiary/aromatic N) is 1. The third kappa shape index (κ3) is 4.34. The topological polar surface area (TPSA) is 29.5 Å². The molecule has 0 aliphatic carbocycles. The fraction of sp³-hybridized carbons (Fsp3) is 0.364. The zero-order valence-corrected chi connectivity index (χ0v) is 9.41. The van der Waals surface area contributed by atoms with Crippen molar-refractivity contribution in [2.45, 2.75) is 19.8 Å². The molecule has 94 valence electrons. The lowest BCUT2D eigenvalue weighted by atomic mass is 10.2. The monoisotopic (exact) mass is 247 g/mol. The van der Waals surface area contributed by atoms with Crippen LogP contribution in [0.4, 0.5) is 13.2 Å². The van der Waals surface area contributed by atoms with E-state index in [1.54, 1.807) is 6.07 Å². The molecule has 3 nitrogen and oxygen atoms in total. The summed E-state index contributed by atoms with van der Waals surface area (Å²) < 4.78 is 40.2. The second-order valence-corrected chi connectivity index (χ2v) is 3.53. The standard InChI is InChI=1S/C11H12F3NO2/c1-8(16)15(2)7-9-5-3-4-6-10(9)17-11(12,13)14/h3-6H,7H2,1-2H3. The quantitative estimate of drug-likeness (QED) is 0.821. The normalized spacial score (nSPS) is 11.1. The molecule has 0 aliphatic rings. The first-order valence-electron chi connectivity index (χ1n) is 4.85. The highest BCUT2D eigenvalue weighted by Crippen LogP contribution is 2.26. The molecule has 0 spiro atoms. The average molecular weight is 247 g/mol. The van der Waals surface area contributed by atoms with Crippen molar-refractivity contribution in [3.05, 3.63) is 29.8 Å². The van der Waals surface area contributed by atoms with Crippen LogP contribution in [0.1, 0.15) is 12.5 Å². The van der Waals surface area contributed by atoms with Crippen molar-refractivity contribution in [1.82, 2.24) is 4.90 Å². The van der Waals surface area contributed by atoms with E-state index in [0.717, 1.165) is 0 Å². The summed E-state index contributed by atoms with van der Waals surface area (Å²) in [7, 11) is 1.51. The van der Waals surface area contributed by atoms with Crippen LogP contribution in [0, 0.1) is 0 Å². The number of halogens is 3. The van der Waals surface area contributed by atoms with Gasteiger partial charge in [0, 0.05) is 26.1 Å². The third-order valence-electron chi connectivity index (χ3n) is 2.14. The number of amides is 1. The largest absolute Gasteiger partial charge is 0.573 e. The number of ether oxygens (including phenoxy) is 1. The number of alkyl halides is 3. The van der Waals surface area contributed by atoms with Gasteiger partial charge in [-0.25, -0.2) is 0 Å². The summed E-state index contributed by atoms with van der Waals surface area (Å²) in [5.74, 6) is -0.514. The van der Waals surface area contributed by atoms with E-state index in [4.69, 9.17) is 0 Å². The van der Waals surface area contributed by atoms with Gasteiger partial charge in [0.25, 0.3) is 0 Å². The molecule has 0 aliphatic heterocycles. The number of benzene rings is 1. The van der Waals surface area contributed by atoms with Gasteiger partial charge in [-0.05, 0) is 6.07 Å². The van der Waals surface area contributed by atoms with Crippen LogP contribution < -0.4 is 4.74 Å². The zero-order valence-electron chi connectivity index (χ0n) is 9.41. The molecule has 1 amide bonds. The van der Waals surface area contributed by atoms with Crippen LogP contribution in [-0.2, 0) is 11.3 Å². The van der Waals surface area contributed by atoms with Crippen LogP contribution in [0.25, 0.3) is 0 Å². The van der Waals surface area contributed by atoms with Gasteiger partial charge in [-0.1, -0.05) is 18.2 Å². The number of carbonyl (C=O) groups excluding carboxylic acids is 1. The Bertz CT molecular complexity index is 404. The van der Waals surface area contributed by atoms with Crippen LogP contribution in [0.15, 0.2) is 24.3 Å². The predicted molar refractivity (Wildman–Crippen MR) is 55.3 cm³/mol. The maximum Gasteiger partial charge on any atom is 0.573 e. The maximum absolute atomic E-state index is 12.1. The fourth-order valence-electron chi connectivity index (χ4n) is 1.23. The molecule has 0 unspecified atom stereocenters. The zero-order chi connectivity index (χ0) is 13.1. The molecule has 0 N–H and O–H groups in total. The Balaban J connectivity index is 2.88. The van der Waals surface area contributed by atoms with Crippen molar-refractivity contribution in [2.75, 3.05) is 7.05 Å². The van der Waals surface area contributed by atoms with Crippen molar-refractivity contribution < 1.29 is 22.7 Å². The Morgan fingerprint density at radius 2 is 1.94 bits per heavy atom. The second-order valence-electron chi connectivity index (χ2n) is 3.53. The maximum atomic E-state index is 12.1. The van der Waals surface area contributed by atoms with Gasteiger partial charge >= 0.3 is 6.36 Å². The molecule has 0 heterocycles. The summed E-state index contributed by atoms with van der Waals surface area (Å²) in [4.78, 5) is 12.3. The molecule has 17 heavy (non-hydrogen) atoms. The molecular weight excluding hydrogens is 235 g/mol. The summed E-state index contributed by atoms with van der Waals surface area (Å²) in [5.41, 5.74) is 0.308. The van der Waals surface area contributed by atoms with E-state index in [9.17, 15) is 18.0 Å². The molecule has 0 fully saturated rings. The Kier molecular flexibility index (Phi) is 3.98. The van der Waals surface area contributed by atoms with Gasteiger partial charge in [-0.3, -0.25) is 4.79 Å². The highest BCUT2D eigenvalue weighted by Gasteiger charge is 2.32. The van der Waals surface area contributed by atoms with Gasteiger partial charge in [0.2, 0.25) is 5.91 Å². The Morgan fingerprint density at radius 1 is 1.35 bits per heavy atom. The molecule has 1 aromatic rings. The van der Waals surface area contributed by atoms with Gasteiger partial charge in [0.05, 0.1) is 0 Å². The van der Waals surface area contributed by atoms with E-state index in [-0.39, 0.29) is 18.2 Å². The first-order chi connectivity index (χ1) is 7.79. The fourth-order valence-corrected chi connectivity index (χ4v) is 1.23. The molecule has 0 aromatic heterocycles. The third-order valence-corrected chi connectivity index (χ3v) is 2.14. The minimum absolute atomic E-state index is 0.0710. The van der Waals surface area contributed by atoms with E-state index < -0.39 is 6.36 Å². The molecule has 0 radical (unpaired) electrons. The molecule has 1 aromatic carbocycles. The predicted octanol–water partition coefficient (Wildman–Crippen LogP) is 2.56. The minimum Gasteiger partial charge on any atom is -0.405 e. The highest BCUT2D eigenvalue weighted by molar-refractivity contribution is 5.72. The van der Waals surface area contributed by atoms with Gasteiger partial charge in [0.15, 0.2) is 0 Å². The molecule has 1 rings (SSSR count). The lowest BCUT2D eigenvalue weighted by molar-refractivity contribution is -0.274. The lowest BCUT2D eigenvalue weighted by Gasteiger charge is -2.18. The number of carbonyl (C=O) groups is 1. The van der Waals surface area contributed by atoms with Crippen LogP contribution in [-0.4, -0.2) is 24.2 Å². The molecule has 0 saturated carbocycles. The molecule has 0 saturated heterocycles. The van der Waals surface area contributed by atoms with Crippen molar-refractivity contribution in [3.8, 4) is 5.75 Å². The van der Waals surface area contributed by atoms with Crippen LogP contribution in [0.3, 0.4) is 0 Å². The van der Waals surface area contributed by atoms with Crippen molar-refractivity contribution in [1.29, 1.82) is 0 Å². The molecule has 0 bridgehead atoms. The van der Waals surface area contributed by atoms with Crippen molar-refractivity contribution in [2.24, 2.45) is 0 Å². The molecular formula is C11H12F3NO2. The molecule has 6 heteroatoms. The smallest absolute Gasteiger partial charge is 0.405 e. The minimum atomic E-state index is -4.73. The second kappa shape index (κ2) is 5.07. The summed E-state index contributed by atoms with van der Waals surface area (Å²) in [6, 6.07) is 5.74. The first kappa shape index (κ1) is 13.3. The van der Waals surface area contributed by atoms with Gasteiger partial charge in [-0.15, -0.1) is 13.2 Å². The van der Waals surface area contributed by atoms with Crippen LogP contribution in [0.5, 0.6) is 5.75 Å². The SMILES string of the molecule is CC(=O)N(C)Cc1ccccc1OC(F)(F)F. The van der Waals surface area contributed by atoms with E-state index >= 15 is 0 Å². The summed E-state index contributed by atoms with van der Waals surface area (Å²) in [5, 5.41) is 0. The number of hydrogen-bond donors (Lipinski definition) is 0. The Hall–Kier alpha value is -1.72. The van der Waals surface area contributed by atoms with E-state index in [1.807, 2.05) is 0 Å². The number of hydrogen-bond acceptors (Lipinski definition) is 2. The van der Waals surface area contributed by atoms with Crippen LogP contribution in [0.2, 0.25) is 0 Å². The highest BCUT2D eigenvalue weighted by atomic mass is 19.4. The van der Waals surface area contributed by atoms with Crippen molar-refractivity contribution >= 4 is 5.91 Å². The van der Waals surface area contributed by atoms with Gasteiger partial charge in [0.1, 0.15) is 5.75 Å². The number of para-hydroxylation sites is 1.